The molecule has 0 unspecified atom stereocenters. The van der Waals surface area contributed by atoms with Crippen LogP contribution in [-0.2, 0) is 0 Å². The number of fused-ring (bicyclic) bond motifs is 1. The number of aryl methyl sites for hydroxylation is 1. The quantitative estimate of drug-likeness (QED) is 0.679. The van der Waals surface area contributed by atoms with Crippen molar-refractivity contribution < 1.29 is 5.11 Å². The van der Waals surface area contributed by atoms with Crippen LogP contribution in [0.3, 0.4) is 0 Å². The van der Waals surface area contributed by atoms with Crippen LogP contribution in [0.15, 0.2) is 23.6 Å². The van der Waals surface area contributed by atoms with Gasteiger partial charge in [-0.05, 0) is 49.9 Å². The van der Waals surface area contributed by atoms with E-state index in [0.717, 1.165) is 41.7 Å². The Morgan fingerprint density at radius 2 is 2.21 bits per heavy atom. The number of phenolic OH excluding ortho intramolecular Hbond substituents is 1. The van der Waals surface area contributed by atoms with Crippen molar-refractivity contribution in [1.29, 1.82) is 0 Å². The summed E-state index contributed by atoms with van der Waals surface area (Å²) in [5.74, 6) is 0.784. The molecule has 0 spiro atoms. The summed E-state index contributed by atoms with van der Waals surface area (Å²) in [4.78, 5) is 4.53. The summed E-state index contributed by atoms with van der Waals surface area (Å²) in [6, 6.07) is 6.13. The number of phenols is 1. The lowest BCUT2D eigenvalue weighted by molar-refractivity contribution is 0.477. The molecule has 1 fully saturated rings. The number of benzene rings is 1. The Balaban J connectivity index is 1.64. The molecule has 2 aromatic heterocycles. The predicted octanol–water partition coefficient (Wildman–Crippen LogP) is 2.93. The third-order valence-electron chi connectivity index (χ3n) is 4.35. The summed E-state index contributed by atoms with van der Waals surface area (Å²) >= 11 is 1.60. The number of thiophene rings is 1. The Morgan fingerprint density at radius 1 is 1.29 bits per heavy atom. The van der Waals surface area contributed by atoms with Crippen LogP contribution >= 0.6 is 11.3 Å². The molecule has 1 atom stereocenters. The van der Waals surface area contributed by atoms with Gasteiger partial charge in [-0.1, -0.05) is 0 Å². The number of nitrogens with zero attached hydrogens (tertiary/aromatic N) is 3. The Morgan fingerprint density at radius 3 is 3.00 bits per heavy atom. The second kappa shape index (κ2) is 6.33. The molecule has 4 rings (SSSR count). The van der Waals surface area contributed by atoms with Gasteiger partial charge in [0.2, 0.25) is 5.95 Å². The highest BCUT2D eigenvalue weighted by molar-refractivity contribution is 7.17. The monoisotopic (exact) mass is 341 g/mol. The fraction of sp³-hybridized carbons (Fsp3) is 0.353. The lowest BCUT2D eigenvalue weighted by Crippen LogP contribution is -2.38. The second-order valence-electron chi connectivity index (χ2n) is 6.05. The number of anilines is 1. The summed E-state index contributed by atoms with van der Waals surface area (Å²) < 4.78 is 1.05. The standard InChI is InChI=1S/C17H19N5OS/c1-10-15(13-4-5-14-12(16(13)23)6-8-24-14)21-22-17(19-10)20-11-3-2-7-18-9-11/h4-6,8,11,18,23H,2-3,7,9H2,1H3,(H,19,20,22)/t11-/m1/s1. The summed E-state index contributed by atoms with van der Waals surface area (Å²) in [6.45, 7) is 3.88. The number of aromatic nitrogens is 3. The molecular formula is C17H19N5OS. The summed E-state index contributed by atoms with van der Waals surface area (Å²) in [6.07, 6.45) is 2.25. The number of rotatable bonds is 3. The Hall–Kier alpha value is -2.25. The van der Waals surface area contributed by atoms with Crippen molar-refractivity contribution in [3.8, 4) is 17.0 Å². The number of hydrogen-bond donors (Lipinski definition) is 3. The van der Waals surface area contributed by atoms with Crippen molar-refractivity contribution in [2.75, 3.05) is 18.4 Å². The minimum atomic E-state index is 0.241. The van der Waals surface area contributed by atoms with Crippen molar-refractivity contribution >= 4 is 27.4 Å². The van der Waals surface area contributed by atoms with E-state index in [2.05, 4.69) is 25.8 Å². The number of nitrogens with one attached hydrogen (secondary N) is 2. The molecule has 24 heavy (non-hydrogen) atoms. The SMILES string of the molecule is Cc1nc(N[C@@H]2CCCNC2)nnc1-c1ccc2sccc2c1O. The van der Waals surface area contributed by atoms with E-state index < -0.39 is 0 Å². The smallest absolute Gasteiger partial charge is 0.243 e. The highest BCUT2D eigenvalue weighted by Crippen LogP contribution is 2.37. The van der Waals surface area contributed by atoms with Gasteiger partial charge < -0.3 is 15.7 Å². The van der Waals surface area contributed by atoms with E-state index in [1.807, 2.05) is 30.5 Å². The van der Waals surface area contributed by atoms with Crippen molar-refractivity contribution in [1.82, 2.24) is 20.5 Å². The average Bonchev–Trinajstić information content (AvgIpc) is 3.07. The van der Waals surface area contributed by atoms with Gasteiger partial charge in [0.05, 0.1) is 5.69 Å². The summed E-state index contributed by atoms with van der Waals surface area (Å²) in [5, 5.41) is 28.6. The van der Waals surface area contributed by atoms with Gasteiger partial charge in [0.25, 0.3) is 0 Å². The molecular weight excluding hydrogens is 322 g/mol. The first-order chi connectivity index (χ1) is 11.7. The summed E-state index contributed by atoms with van der Waals surface area (Å²) in [7, 11) is 0. The minimum Gasteiger partial charge on any atom is -0.507 e. The van der Waals surface area contributed by atoms with E-state index in [1.54, 1.807) is 11.3 Å². The molecule has 3 N–H and O–H groups in total. The fourth-order valence-corrected chi connectivity index (χ4v) is 3.88. The zero-order valence-corrected chi connectivity index (χ0v) is 14.2. The van der Waals surface area contributed by atoms with Gasteiger partial charge in [0, 0.05) is 28.2 Å². The van der Waals surface area contributed by atoms with E-state index in [9.17, 15) is 5.11 Å². The van der Waals surface area contributed by atoms with Crippen LogP contribution in [0.1, 0.15) is 18.5 Å². The Bertz CT molecular complexity index is 873. The highest BCUT2D eigenvalue weighted by atomic mass is 32.1. The first-order valence-corrected chi connectivity index (χ1v) is 8.98. The molecule has 0 radical (unpaired) electrons. The van der Waals surface area contributed by atoms with E-state index in [1.165, 1.54) is 0 Å². The van der Waals surface area contributed by atoms with Crippen molar-refractivity contribution in [2.45, 2.75) is 25.8 Å². The normalized spacial score (nSPS) is 18.0. The van der Waals surface area contributed by atoms with Crippen LogP contribution < -0.4 is 10.6 Å². The largest absolute Gasteiger partial charge is 0.507 e. The third kappa shape index (κ3) is 2.81. The molecule has 1 aliphatic rings. The molecule has 0 saturated carbocycles. The number of aromatic hydroxyl groups is 1. The molecule has 1 saturated heterocycles. The molecule has 3 heterocycles. The fourth-order valence-electron chi connectivity index (χ4n) is 3.09. The number of piperidine rings is 1. The van der Waals surface area contributed by atoms with Gasteiger partial charge in [-0.2, -0.15) is 0 Å². The van der Waals surface area contributed by atoms with E-state index in [-0.39, 0.29) is 5.75 Å². The first-order valence-electron chi connectivity index (χ1n) is 8.10. The van der Waals surface area contributed by atoms with Crippen LogP contribution in [0.5, 0.6) is 5.75 Å². The lowest BCUT2D eigenvalue weighted by Gasteiger charge is -2.23. The molecule has 0 bridgehead atoms. The predicted molar refractivity (Wildman–Crippen MR) is 96.6 cm³/mol. The maximum absolute atomic E-state index is 10.5. The molecule has 6 nitrogen and oxygen atoms in total. The van der Waals surface area contributed by atoms with Crippen molar-refractivity contribution in [3.05, 3.63) is 29.3 Å². The van der Waals surface area contributed by atoms with Gasteiger partial charge in [-0.15, -0.1) is 21.5 Å². The lowest BCUT2D eigenvalue weighted by atomic mass is 10.1. The zero-order valence-electron chi connectivity index (χ0n) is 13.4. The summed E-state index contributed by atoms with van der Waals surface area (Å²) in [5.41, 5.74) is 2.04. The molecule has 124 valence electrons. The van der Waals surface area contributed by atoms with E-state index in [4.69, 9.17) is 0 Å². The Labute approximate surface area is 144 Å². The van der Waals surface area contributed by atoms with E-state index in [0.29, 0.717) is 23.2 Å². The molecule has 3 aromatic rings. The first kappa shape index (κ1) is 15.3. The number of hydrogen-bond acceptors (Lipinski definition) is 7. The molecule has 1 aliphatic heterocycles. The maximum atomic E-state index is 10.5. The van der Waals surface area contributed by atoms with Gasteiger partial charge in [0.15, 0.2) is 0 Å². The van der Waals surface area contributed by atoms with Crippen LogP contribution in [0.4, 0.5) is 5.95 Å². The highest BCUT2D eigenvalue weighted by Gasteiger charge is 2.17. The van der Waals surface area contributed by atoms with Crippen molar-refractivity contribution in [3.63, 3.8) is 0 Å². The molecule has 0 amide bonds. The zero-order chi connectivity index (χ0) is 16.5. The van der Waals surface area contributed by atoms with Crippen molar-refractivity contribution in [2.24, 2.45) is 0 Å². The van der Waals surface area contributed by atoms with Gasteiger partial charge in [-0.25, -0.2) is 4.98 Å². The second-order valence-corrected chi connectivity index (χ2v) is 7.00. The van der Waals surface area contributed by atoms with Gasteiger partial charge in [-0.3, -0.25) is 0 Å². The topological polar surface area (TPSA) is 83.0 Å². The third-order valence-corrected chi connectivity index (χ3v) is 5.24. The maximum Gasteiger partial charge on any atom is 0.243 e. The van der Waals surface area contributed by atoms with Crippen LogP contribution in [0.2, 0.25) is 0 Å². The van der Waals surface area contributed by atoms with E-state index >= 15 is 0 Å². The average molecular weight is 341 g/mol. The van der Waals surface area contributed by atoms with Crippen LogP contribution in [0, 0.1) is 6.92 Å². The van der Waals surface area contributed by atoms with Crippen LogP contribution in [0.25, 0.3) is 21.3 Å². The molecule has 1 aromatic carbocycles. The minimum absolute atomic E-state index is 0.241. The molecule has 0 aliphatic carbocycles. The van der Waals surface area contributed by atoms with Crippen LogP contribution in [-0.4, -0.2) is 39.4 Å². The molecule has 7 heteroatoms. The van der Waals surface area contributed by atoms with Gasteiger partial charge >= 0.3 is 0 Å². The Kier molecular flexibility index (Phi) is 4.03. The van der Waals surface area contributed by atoms with Gasteiger partial charge in [0.1, 0.15) is 11.4 Å².